The lowest BCUT2D eigenvalue weighted by atomic mass is 9.94. The number of hydrogen-bond donors (Lipinski definition) is 0. The number of amides is 1. The van der Waals surface area contributed by atoms with Crippen molar-refractivity contribution >= 4 is 16.9 Å². The van der Waals surface area contributed by atoms with Crippen LogP contribution in [0, 0.1) is 0 Å². The van der Waals surface area contributed by atoms with Gasteiger partial charge in [0.05, 0.1) is 11.0 Å². The summed E-state index contributed by atoms with van der Waals surface area (Å²) in [6.07, 6.45) is 8.93. The molecule has 30 heavy (non-hydrogen) atoms. The van der Waals surface area contributed by atoms with Gasteiger partial charge in [0.15, 0.2) is 0 Å². The summed E-state index contributed by atoms with van der Waals surface area (Å²) in [4.78, 5) is 20.1. The normalized spacial score (nSPS) is 20.3. The molecule has 4 nitrogen and oxygen atoms in total. The molecule has 1 amide bonds. The lowest BCUT2D eigenvalue weighted by Crippen LogP contribution is -2.37. The predicted molar refractivity (Wildman–Crippen MR) is 120 cm³/mol. The highest BCUT2D eigenvalue weighted by Gasteiger charge is 2.37. The summed E-state index contributed by atoms with van der Waals surface area (Å²) in [7, 11) is 0. The van der Waals surface area contributed by atoms with E-state index in [0.29, 0.717) is 18.4 Å². The molecule has 1 aromatic heterocycles. The number of aromatic nitrogens is 2. The average Bonchev–Trinajstić information content (AvgIpc) is 3.36. The Balaban J connectivity index is 1.37. The second kappa shape index (κ2) is 8.63. The maximum absolute atomic E-state index is 12.9. The number of rotatable bonds is 6. The van der Waals surface area contributed by atoms with Gasteiger partial charge in [0.1, 0.15) is 5.82 Å². The molecule has 0 spiro atoms. The number of nitrogens with zero attached hydrogens (tertiary/aromatic N) is 3. The van der Waals surface area contributed by atoms with Crippen molar-refractivity contribution in [3.63, 3.8) is 0 Å². The van der Waals surface area contributed by atoms with Gasteiger partial charge in [-0.1, -0.05) is 61.7 Å². The molecule has 1 saturated heterocycles. The van der Waals surface area contributed by atoms with Gasteiger partial charge in [-0.15, -0.1) is 0 Å². The Kier molecular flexibility index (Phi) is 5.56. The predicted octanol–water partition coefficient (Wildman–Crippen LogP) is 5.32. The van der Waals surface area contributed by atoms with Crippen LogP contribution in [0.3, 0.4) is 0 Å². The van der Waals surface area contributed by atoms with Crippen molar-refractivity contribution in [1.82, 2.24) is 14.5 Å². The number of hydrogen-bond acceptors (Lipinski definition) is 2. The molecule has 2 fully saturated rings. The number of benzene rings is 2. The Bertz CT molecular complexity index is 1000. The first kappa shape index (κ1) is 19.3. The minimum atomic E-state index is 0.212. The third-order valence-electron chi connectivity index (χ3n) is 6.91. The van der Waals surface area contributed by atoms with E-state index in [0.717, 1.165) is 37.3 Å². The lowest BCUT2D eigenvalue weighted by molar-refractivity contribution is -0.130. The molecule has 0 bridgehead atoms. The lowest BCUT2D eigenvalue weighted by Gasteiger charge is -2.31. The smallest absolute Gasteiger partial charge is 0.223 e. The second-order valence-corrected chi connectivity index (χ2v) is 8.94. The van der Waals surface area contributed by atoms with Crippen LogP contribution < -0.4 is 0 Å². The van der Waals surface area contributed by atoms with Crippen molar-refractivity contribution in [2.24, 2.45) is 0 Å². The topological polar surface area (TPSA) is 38.1 Å². The summed E-state index contributed by atoms with van der Waals surface area (Å²) in [6, 6.07) is 19.6. The van der Waals surface area contributed by atoms with Gasteiger partial charge in [-0.2, -0.15) is 0 Å². The largest absolute Gasteiger partial charge is 0.339 e. The van der Waals surface area contributed by atoms with E-state index in [9.17, 15) is 4.79 Å². The fourth-order valence-electron chi connectivity index (χ4n) is 5.38. The summed E-state index contributed by atoms with van der Waals surface area (Å²) >= 11 is 0. The minimum absolute atomic E-state index is 0.212. The molecular formula is C26H31N3O. The number of carbonyl (C=O) groups excluding carboxylic acids is 1. The van der Waals surface area contributed by atoms with Crippen LogP contribution in [-0.2, 0) is 17.8 Å². The Hall–Kier alpha value is -2.62. The summed E-state index contributed by atoms with van der Waals surface area (Å²) in [5.41, 5.74) is 3.63. The summed E-state index contributed by atoms with van der Waals surface area (Å²) in [5.74, 6) is 1.65. The molecule has 1 unspecified atom stereocenters. The number of fused-ring (bicyclic) bond motifs is 1. The molecule has 1 aliphatic carbocycles. The molecule has 2 aromatic carbocycles. The van der Waals surface area contributed by atoms with Gasteiger partial charge in [0, 0.05) is 31.5 Å². The molecule has 3 aromatic rings. The maximum atomic E-state index is 12.9. The maximum Gasteiger partial charge on any atom is 0.223 e. The number of aryl methyl sites for hydroxylation is 2. The second-order valence-electron chi connectivity index (χ2n) is 8.94. The van der Waals surface area contributed by atoms with E-state index in [-0.39, 0.29) is 5.92 Å². The van der Waals surface area contributed by atoms with E-state index in [2.05, 4.69) is 64.1 Å². The third kappa shape index (κ3) is 3.88. The van der Waals surface area contributed by atoms with E-state index < -0.39 is 0 Å². The Morgan fingerprint density at radius 1 is 0.933 bits per heavy atom. The van der Waals surface area contributed by atoms with Gasteiger partial charge in [-0.25, -0.2) is 4.98 Å². The Labute approximate surface area is 178 Å². The molecule has 2 heterocycles. The van der Waals surface area contributed by atoms with Gasteiger partial charge in [-0.3, -0.25) is 4.79 Å². The van der Waals surface area contributed by atoms with E-state index in [1.807, 2.05) is 0 Å². The van der Waals surface area contributed by atoms with Crippen LogP contribution in [0.15, 0.2) is 54.6 Å². The first-order valence-electron chi connectivity index (χ1n) is 11.6. The molecule has 1 aliphatic heterocycles. The van der Waals surface area contributed by atoms with E-state index in [4.69, 9.17) is 4.98 Å². The van der Waals surface area contributed by atoms with E-state index in [1.165, 1.54) is 43.2 Å². The quantitative estimate of drug-likeness (QED) is 0.561. The van der Waals surface area contributed by atoms with Crippen molar-refractivity contribution in [3.8, 4) is 0 Å². The standard InChI is InChI=1S/C26H31N3O/c30-25-18-21(19-29(25)22-13-5-2-6-14-22)26-27-23-15-7-8-16-24(23)28(26)17-9-12-20-10-3-1-4-11-20/h1,3-4,7-8,10-11,15-16,21-22H,2,5-6,9,12-14,17-19H2. The monoisotopic (exact) mass is 401 g/mol. The van der Waals surface area contributed by atoms with Crippen molar-refractivity contribution < 1.29 is 4.79 Å². The van der Waals surface area contributed by atoms with Crippen LogP contribution in [0.1, 0.15) is 62.3 Å². The molecule has 1 saturated carbocycles. The minimum Gasteiger partial charge on any atom is -0.339 e. The van der Waals surface area contributed by atoms with Gasteiger partial charge >= 0.3 is 0 Å². The zero-order chi connectivity index (χ0) is 20.3. The molecule has 4 heteroatoms. The van der Waals surface area contributed by atoms with Crippen LogP contribution in [-0.4, -0.2) is 32.9 Å². The van der Waals surface area contributed by atoms with Gasteiger partial charge in [0.25, 0.3) is 0 Å². The highest BCUT2D eigenvalue weighted by Crippen LogP contribution is 2.34. The SMILES string of the molecule is O=C1CC(c2nc3ccccc3n2CCCc2ccccc2)CN1C1CCCCC1. The zero-order valence-electron chi connectivity index (χ0n) is 17.7. The molecular weight excluding hydrogens is 370 g/mol. The van der Waals surface area contributed by atoms with Crippen LogP contribution in [0.2, 0.25) is 0 Å². The Morgan fingerprint density at radius 2 is 1.70 bits per heavy atom. The first-order valence-corrected chi connectivity index (χ1v) is 11.6. The molecule has 2 aliphatic rings. The highest BCUT2D eigenvalue weighted by atomic mass is 16.2. The Morgan fingerprint density at radius 3 is 2.53 bits per heavy atom. The molecule has 0 N–H and O–H groups in total. The van der Waals surface area contributed by atoms with Crippen molar-refractivity contribution in [1.29, 1.82) is 0 Å². The summed E-state index contributed by atoms with van der Waals surface area (Å²) < 4.78 is 2.39. The van der Waals surface area contributed by atoms with Crippen molar-refractivity contribution in [2.75, 3.05) is 6.54 Å². The number of imidazole rings is 1. The number of carbonyl (C=O) groups is 1. The van der Waals surface area contributed by atoms with Crippen LogP contribution in [0.5, 0.6) is 0 Å². The molecule has 1 atom stereocenters. The number of likely N-dealkylation sites (tertiary alicyclic amines) is 1. The first-order chi connectivity index (χ1) is 14.8. The zero-order valence-corrected chi connectivity index (χ0v) is 17.7. The van der Waals surface area contributed by atoms with E-state index in [1.54, 1.807) is 0 Å². The molecule has 0 radical (unpaired) electrons. The van der Waals surface area contributed by atoms with Gasteiger partial charge < -0.3 is 9.47 Å². The van der Waals surface area contributed by atoms with Gasteiger partial charge in [0.2, 0.25) is 5.91 Å². The summed E-state index contributed by atoms with van der Waals surface area (Å²) in [6.45, 7) is 1.78. The van der Waals surface area contributed by atoms with Gasteiger partial charge in [-0.05, 0) is 43.4 Å². The van der Waals surface area contributed by atoms with Crippen molar-refractivity contribution in [3.05, 3.63) is 66.0 Å². The van der Waals surface area contributed by atoms with Crippen LogP contribution in [0.4, 0.5) is 0 Å². The van der Waals surface area contributed by atoms with Crippen LogP contribution >= 0.6 is 0 Å². The fourth-order valence-corrected chi connectivity index (χ4v) is 5.38. The summed E-state index contributed by atoms with van der Waals surface area (Å²) in [5, 5.41) is 0. The van der Waals surface area contributed by atoms with Crippen molar-refractivity contribution in [2.45, 2.75) is 69.9 Å². The molecule has 156 valence electrons. The van der Waals surface area contributed by atoms with E-state index >= 15 is 0 Å². The average molecular weight is 402 g/mol. The fraction of sp³-hybridized carbons (Fsp3) is 0.462. The third-order valence-corrected chi connectivity index (χ3v) is 6.91. The highest BCUT2D eigenvalue weighted by molar-refractivity contribution is 5.81. The number of para-hydroxylation sites is 2. The van der Waals surface area contributed by atoms with Crippen LogP contribution in [0.25, 0.3) is 11.0 Å². The molecule has 5 rings (SSSR count).